The van der Waals surface area contributed by atoms with Crippen LogP contribution < -0.4 is 4.89 Å². The number of ether oxygens (including phenoxy) is 2. The van der Waals surface area contributed by atoms with Gasteiger partial charge in [-0.1, -0.05) is 131 Å². The van der Waals surface area contributed by atoms with Gasteiger partial charge in [0, 0.05) is 12.8 Å². The summed E-state index contributed by atoms with van der Waals surface area (Å²) in [6.45, 7) is 3.83. The lowest BCUT2D eigenvalue weighted by Crippen LogP contribution is -2.37. The number of quaternary nitrogens is 1. The van der Waals surface area contributed by atoms with E-state index in [1.807, 2.05) is 76.7 Å². The first kappa shape index (κ1) is 54.2. The Morgan fingerprint density at radius 3 is 1.88 bits per heavy atom. The molecular weight excluding hydrogens is 741 g/mol. The van der Waals surface area contributed by atoms with Crippen LogP contribution in [-0.4, -0.2) is 81.2 Å². The van der Waals surface area contributed by atoms with Crippen molar-refractivity contribution in [1.82, 2.24) is 0 Å². The summed E-state index contributed by atoms with van der Waals surface area (Å²) in [5.41, 5.74) is 0. The fourth-order valence-electron chi connectivity index (χ4n) is 5.09. The Kier molecular flexibility index (Phi) is 35.6. The van der Waals surface area contributed by atoms with Crippen LogP contribution in [0.1, 0.15) is 136 Å². The Balaban J connectivity index is 4.56. The molecular formula is C46H78NO9P. The number of nitrogens with zero attached hydrogens (tertiary/aromatic N) is 1. The lowest BCUT2D eigenvalue weighted by Gasteiger charge is -2.28. The minimum atomic E-state index is -4.66. The van der Waals surface area contributed by atoms with Crippen molar-refractivity contribution in [1.29, 1.82) is 0 Å². The number of esters is 2. The van der Waals surface area contributed by atoms with Gasteiger partial charge in [0.25, 0.3) is 7.82 Å². The molecule has 1 N–H and O–H groups in total. The number of phosphoric acid groups is 1. The normalized spacial score (nSPS) is 15.0. The van der Waals surface area contributed by atoms with Crippen LogP contribution in [0.4, 0.5) is 0 Å². The lowest BCUT2D eigenvalue weighted by molar-refractivity contribution is -0.870. The Morgan fingerprint density at radius 1 is 0.667 bits per heavy atom. The molecule has 3 atom stereocenters. The lowest BCUT2D eigenvalue weighted by atomic mass is 10.1. The largest absolute Gasteiger partial charge is 0.756 e. The van der Waals surface area contributed by atoms with E-state index in [0.717, 1.165) is 57.8 Å². The molecule has 10 nitrogen and oxygen atoms in total. The van der Waals surface area contributed by atoms with Crippen LogP contribution >= 0.6 is 7.82 Å². The van der Waals surface area contributed by atoms with Gasteiger partial charge in [0.05, 0.1) is 33.9 Å². The zero-order valence-electron chi connectivity index (χ0n) is 36.1. The molecule has 0 aromatic heterocycles. The standard InChI is InChI=1S/C46H78NO9P/c1-6-8-10-11-12-13-14-15-16-17-21-24-27-30-33-37-45(49)53-41-44(42-55-57(51,52)54-40-39-47(3,4)5)56-46(50)38-34-31-28-25-22-19-18-20-23-26-29-32-36-43(48)35-9-7-2/h9,12-13,15-16,18-19,23,25-26,28-29,32,35,43-44,48H,6-8,10-11,14,17,20-22,24,27,30-31,33-34,36-42H2,1-5H3/b13-12-,16-15-,19-18-,26-23-,28-25-,32-29+,35-9-/t43?,44-/m1/s1. The molecule has 0 amide bonds. The molecule has 0 aliphatic heterocycles. The average Bonchev–Trinajstić information content (AvgIpc) is 3.16. The molecule has 0 spiro atoms. The highest BCUT2D eigenvalue weighted by atomic mass is 31.2. The molecule has 0 rings (SSSR count). The van der Waals surface area contributed by atoms with Gasteiger partial charge >= 0.3 is 11.9 Å². The second-order valence-electron chi connectivity index (χ2n) is 15.2. The number of likely N-dealkylation sites (N-methyl/N-ethyl adjacent to an activating group) is 1. The van der Waals surface area contributed by atoms with Crippen LogP contribution in [0, 0.1) is 0 Å². The van der Waals surface area contributed by atoms with E-state index in [-0.39, 0.29) is 26.1 Å². The Bertz CT molecular complexity index is 1260. The van der Waals surface area contributed by atoms with Gasteiger partial charge in [0.1, 0.15) is 19.8 Å². The minimum Gasteiger partial charge on any atom is -0.756 e. The van der Waals surface area contributed by atoms with Crippen LogP contribution in [0.25, 0.3) is 0 Å². The number of allylic oxidation sites excluding steroid dienone is 12. The van der Waals surface area contributed by atoms with Crippen molar-refractivity contribution in [2.75, 3.05) is 47.5 Å². The summed E-state index contributed by atoms with van der Waals surface area (Å²) in [5.74, 6) is -0.953. The van der Waals surface area contributed by atoms with Gasteiger partial charge in [-0.15, -0.1) is 0 Å². The second kappa shape index (κ2) is 37.4. The molecule has 326 valence electrons. The van der Waals surface area contributed by atoms with E-state index in [4.69, 9.17) is 18.5 Å². The fourth-order valence-corrected chi connectivity index (χ4v) is 5.82. The summed E-state index contributed by atoms with van der Waals surface area (Å²) < 4.78 is 33.7. The third kappa shape index (κ3) is 41.1. The smallest absolute Gasteiger partial charge is 0.306 e. The van der Waals surface area contributed by atoms with Crippen molar-refractivity contribution in [3.63, 3.8) is 0 Å². The van der Waals surface area contributed by atoms with Crippen LogP contribution in [-0.2, 0) is 32.7 Å². The number of phosphoric ester groups is 1. The summed E-state index contributed by atoms with van der Waals surface area (Å²) in [4.78, 5) is 37.5. The molecule has 57 heavy (non-hydrogen) atoms. The maximum Gasteiger partial charge on any atom is 0.306 e. The number of aliphatic hydroxyl groups excluding tert-OH is 1. The minimum absolute atomic E-state index is 0.0563. The van der Waals surface area contributed by atoms with Crippen molar-refractivity contribution in [3.8, 4) is 0 Å². The van der Waals surface area contributed by atoms with E-state index >= 15 is 0 Å². The number of unbranched alkanes of at least 4 members (excludes halogenated alkanes) is 9. The van der Waals surface area contributed by atoms with Gasteiger partial charge in [-0.3, -0.25) is 14.2 Å². The monoisotopic (exact) mass is 820 g/mol. The fraction of sp³-hybridized carbons (Fsp3) is 0.652. The first-order chi connectivity index (χ1) is 27.4. The highest BCUT2D eigenvalue weighted by molar-refractivity contribution is 7.45. The number of hydrogen-bond acceptors (Lipinski definition) is 9. The van der Waals surface area contributed by atoms with Crippen LogP contribution in [0.2, 0.25) is 0 Å². The summed E-state index contributed by atoms with van der Waals surface area (Å²) in [7, 11) is 1.08. The van der Waals surface area contributed by atoms with E-state index in [0.29, 0.717) is 36.7 Å². The van der Waals surface area contributed by atoms with Gasteiger partial charge in [-0.2, -0.15) is 0 Å². The van der Waals surface area contributed by atoms with Crippen molar-refractivity contribution in [2.45, 2.75) is 148 Å². The Morgan fingerprint density at radius 2 is 1.23 bits per heavy atom. The third-order valence-corrected chi connectivity index (χ3v) is 9.44. The van der Waals surface area contributed by atoms with Crippen LogP contribution in [0.5, 0.6) is 0 Å². The SMILES string of the molecule is CC/C=C\C(O)C/C=C/C=C\C/C=C\C/C=C\CCCC(=O)O[C@H](COC(=O)CCCCCCC/C=C\C/C=C\CCCCC)COP(=O)([O-])OCC[N+](C)(C)C. The number of hydrogen-bond donors (Lipinski definition) is 1. The van der Waals surface area contributed by atoms with Crippen molar-refractivity contribution >= 4 is 19.8 Å². The molecule has 0 aromatic carbocycles. The van der Waals surface area contributed by atoms with Gasteiger partial charge in [-0.25, -0.2) is 0 Å². The van der Waals surface area contributed by atoms with E-state index in [9.17, 15) is 24.2 Å². The summed E-state index contributed by atoms with van der Waals surface area (Å²) >= 11 is 0. The highest BCUT2D eigenvalue weighted by Gasteiger charge is 2.21. The average molecular weight is 820 g/mol. The third-order valence-electron chi connectivity index (χ3n) is 8.47. The second-order valence-corrected chi connectivity index (χ2v) is 16.6. The molecule has 2 unspecified atom stereocenters. The molecule has 0 saturated carbocycles. The van der Waals surface area contributed by atoms with E-state index in [2.05, 4.69) is 43.4 Å². The summed E-state index contributed by atoms with van der Waals surface area (Å²) in [5, 5.41) is 9.77. The number of carbonyl (C=O) groups excluding carboxylic acids is 2. The molecule has 0 aliphatic rings. The molecule has 0 aliphatic carbocycles. The maximum absolute atomic E-state index is 12.6. The van der Waals surface area contributed by atoms with Crippen LogP contribution in [0.3, 0.4) is 0 Å². The maximum atomic E-state index is 12.6. The molecule has 11 heteroatoms. The zero-order chi connectivity index (χ0) is 42.3. The zero-order valence-corrected chi connectivity index (χ0v) is 37.0. The molecule has 0 aromatic rings. The molecule has 0 bridgehead atoms. The molecule has 0 fully saturated rings. The number of aliphatic hydroxyl groups is 1. The Hall–Kier alpha value is -2.85. The van der Waals surface area contributed by atoms with E-state index in [1.54, 1.807) is 0 Å². The van der Waals surface area contributed by atoms with Gasteiger partial charge in [-0.05, 0) is 77.0 Å². The van der Waals surface area contributed by atoms with E-state index in [1.165, 1.54) is 25.7 Å². The first-order valence-electron chi connectivity index (χ1n) is 21.4. The van der Waals surface area contributed by atoms with Crippen molar-refractivity contribution in [2.24, 2.45) is 0 Å². The predicted molar refractivity (Wildman–Crippen MR) is 232 cm³/mol. The van der Waals surface area contributed by atoms with Gasteiger partial charge < -0.3 is 33.0 Å². The van der Waals surface area contributed by atoms with E-state index < -0.39 is 38.6 Å². The molecule has 0 radical (unpaired) electrons. The molecule has 0 heterocycles. The quantitative estimate of drug-likeness (QED) is 0.0162. The topological polar surface area (TPSA) is 131 Å². The Labute approximate surface area is 346 Å². The van der Waals surface area contributed by atoms with Crippen molar-refractivity contribution < 1.29 is 47.2 Å². The summed E-state index contributed by atoms with van der Waals surface area (Å²) in [6.07, 6.45) is 43.9. The predicted octanol–water partition coefficient (Wildman–Crippen LogP) is 10.4. The number of rotatable bonds is 37. The van der Waals surface area contributed by atoms with Crippen molar-refractivity contribution in [3.05, 3.63) is 85.1 Å². The van der Waals surface area contributed by atoms with Gasteiger partial charge in [0.15, 0.2) is 6.10 Å². The first-order valence-corrected chi connectivity index (χ1v) is 22.9. The van der Waals surface area contributed by atoms with Gasteiger partial charge in [0.2, 0.25) is 0 Å². The summed E-state index contributed by atoms with van der Waals surface area (Å²) in [6, 6.07) is 0. The highest BCUT2D eigenvalue weighted by Crippen LogP contribution is 2.38. The number of carbonyl (C=O) groups is 2. The van der Waals surface area contributed by atoms with Crippen LogP contribution in [0.15, 0.2) is 85.1 Å². The molecule has 0 saturated heterocycles.